The minimum atomic E-state index is 0.482. The molecule has 3 nitrogen and oxygen atoms in total. The molecule has 0 aromatic heterocycles. The van der Waals surface area contributed by atoms with Gasteiger partial charge in [0, 0.05) is 0 Å². The van der Waals surface area contributed by atoms with Crippen molar-refractivity contribution in [1.82, 2.24) is 0 Å². The van der Waals surface area contributed by atoms with Crippen LogP contribution >= 0.6 is 0 Å². The van der Waals surface area contributed by atoms with E-state index in [-0.39, 0.29) is 0 Å². The molecule has 70 valence electrons. The first kappa shape index (κ1) is 8.75. The number of ether oxygens (including phenoxy) is 1. The second-order valence-corrected chi connectivity index (χ2v) is 3.59. The van der Waals surface area contributed by atoms with Crippen LogP contribution in [0.3, 0.4) is 0 Å². The maximum absolute atomic E-state index is 5.23. The molecule has 2 aliphatic heterocycles. The zero-order chi connectivity index (χ0) is 9.10. The Morgan fingerprint density at radius 1 is 1.54 bits per heavy atom. The molecule has 0 saturated carbocycles. The molecule has 2 heterocycles. The van der Waals surface area contributed by atoms with Crippen molar-refractivity contribution in [3.63, 3.8) is 0 Å². The molecule has 2 atom stereocenters. The largest absolute Gasteiger partial charge is 0.373 e. The molecule has 2 rings (SSSR count). The lowest BCUT2D eigenvalue weighted by molar-refractivity contribution is 0.344. The van der Waals surface area contributed by atoms with Crippen molar-refractivity contribution in [3.05, 3.63) is 6.17 Å². The van der Waals surface area contributed by atoms with E-state index < -0.39 is 0 Å². The van der Waals surface area contributed by atoms with Gasteiger partial charge < -0.3 is 4.74 Å². The molecular formula is C10H15N2O+. The Kier molecular flexibility index (Phi) is 2.64. The second-order valence-electron chi connectivity index (χ2n) is 3.59. The van der Waals surface area contributed by atoms with E-state index in [1.54, 1.807) is 12.4 Å². The van der Waals surface area contributed by atoms with Gasteiger partial charge in [-0.25, -0.2) is 0 Å². The van der Waals surface area contributed by atoms with Gasteiger partial charge in [0.1, 0.15) is 0 Å². The van der Waals surface area contributed by atoms with Gasteiger partial charge in [0.2, 0.25) is 6.17 Å². The summed E-state index contributed by atoms with van der Waals surface area (Å²) in [7, 11) is 0. The molecule has 0 aromatic carbocycles. The van der Waals surface area contributed by atoms with Crippen LogP contribution in [0.5, 0.6) is 0 Å². The Hall–Kier alpha value is -0.830. The monoisotopic (exact) mass is 179 g/mol. The SMILES string of the molecule is CCCC(CC1CO1)[C+]1N=CC=N1. The molecule has 2 aliphatic rings. The lowest BCUT2D eigenvalue weighted by Crippen LogP contribution is -2.10. The van der Waals surface area contributed by atoms with E-state index in [4.69, 9.17) is 4.74 Å². The van der Waals surface area contributed by atoms with Crippen LogP contribution in [0.4, 0.5) is 0 Å². The van der Waals surface area contributed by atoms with E-state index in [1.165, 1.54) is 12.8 Å². The highest BCUT2D eigenvalue weighted by molar-refractivity contribution is 6.18. The lowest BCUT2D eigenvalue weighted by atomic mass is 9.95. The summed E-state index contributed by atoms with van der Waals surface area (Å²) in [6, 6.07) is 0. The van der Waals surface area contributed by atoms with Crippen molar-refractivity contribution in [2.24, 2.45) is 15.9 Å². The third kappa shape index (κ3) is 2.31. The Labute approximate surface area is 78.9 Å². The molecule has 0 aliphatic carbocycles. The lowest BCUT2D eigenvalue weighted by Gasteiger charge is -2.11. The van der Waals surface area contributed by atoms with Gasteiger partial charge in [-0.05, 0) is 12.8 Å². The molecule has 13 heavy (non-hydrogen) atoms. The highest BCUT2D eigenvalue weighted by Crippen LogP contribution is 2.32. The fourth-order valence-corrected chi connectivity index (χ4v) is 1.69. The highest BCUT2D eigenvalue weighted by atomic mass is 16.6. The second kappa shape index (κ2) is 3.92. The van der Waals surface area contributed by atoms with E-state index in [0.717, 1.165) is 19.2 Å². The van der Waals surface area contributed by atoms with Crippen molar-refractivity contribution in [2.45, 2.75) is 32.3 Å². The minimum absolute atomic E-state index is 0.482. The Bertz CT molecular complexity index is 209. The highest BCUT2D eigenvalue weighted by Gasteiger charge is 2.34. The summed E-state index contributed by atoms with van der Waals surface area (Å²) in [5, 5.41) is 0. The molecule has 0 aromatic rings. The van der Waals surface area contributed by atoms with Crippen molar-refractivity contribution in [2.75, 3.05) is 6.61 Å². The Balaban J connectivity index is 1.86. The van der Waals surface area contributed by atoms with Crippen LogP contribution in [0.15, 0.2) is 9.98 Å². The fourth-order valence-electron chi connectivity index (χ4n) is 1.69. The number of hydrogen-bond donors (Lipinski definition) is 0. The summed E-state index contributed by atoms with van der Waals surface area (Å²) in [4.78, 5) is 8.50. The first-order valence-corrected chi connectivity index (χ1v) is 4.95. The fraction of sp³-hybridized carbons (Fsp3) is 0.700. The average molecular weight is 179 g/mol. The van der Waals surface area contributed by atoms with E-state index >= 15 is 0 Å². The summed E-state index contributed by atoms with van der Waals surface area (Å²) < 4.78 is 5.23. The summed E-state index contributed by atoms with van der Waals surface area (Å²) in [5.41, 5.74) is 0. The molecule has 0 spiro atoms. The van der Waals surface area contributed by atoms with Gasteiger partial charge in [-0.2, -0.15) is 0 Å². The molecular weight excluding hydrogens is 164 g/mol. The zero-order valence-corrected chi connectivity index (χ0v) is 7.94. The predicted molar refractivity (Wildman–Crippen MR) is 53.0 cm³/mol. The molecule has 0 bridgehead atoms. The Morgan fingerprint density at radius 2 is 2.23 bits per heavy atom. The molecule has 1 saturated heterocycles. The standard InChI is InChI=1S/C10H15N2O/c1-2-3-8(6-9-7-13-9)10-11-4-5-12-10/h4-5,8-9H,2-3,6-7H2,1H3/q+1. The van der Waals surface area contributed by atoms with Crippen LogP contribution in [0.25, 0.3) is 0 Å². The maximum atomic E-state index is 5.23. The van der Waals surface area contributed by atoms with Gasteiger partial charge in [-0.15, -0.1) is 0 Å². The summed E-state index contributed by atoms with van der Waals surface area (Å²) in [5.74, 6) is 0.507. The van der Waals surface area contributed by atoms with Gasteiger partial charge >= 0.3 is 0 Å². The first-order valence-electron chi connectivity index (χ1n) is 4.95. The number of rotatable bonds is 5. The van der Waals surface area contributed by atoms with Gasteiger partial charge in [-0.1, -0.05) is 23.3 Å². The van der Waals surface area contributed by atoms with Gasteiger partial charge in [0.05, 0.1) is 18.6 Å². The molecule has 2 unspecified atom stereocenters. The van der Waals surface area contributed by atoms with Crippen LogP contribution in [-0.4, -0.2) is 25.1 Å². The Morgan fingerprint density at radius 3 is 2.77 bits per heavy atom. The van der Waals surface area contributed by atoms with Crippen LogP contribution in [0, 0.1) is 12.1 Å². The summed E-state index contributed by atoms with van der Waals surface area (Å²) in [6.07, 6.45) is 8.47. The van der Waals surface area contributed by atoms with Crippen LogP contribution < -0.4 is 0 Å². The van der Waals surface area contributed by atoms with Gasteiger partial charge in [0.15, 0.2) is 12.4 Å². The van der Waals surface area contributed by atoms with E-state index in [0.29, 0.717) is 12.0 Å². The predicted octanol–water partition coefficient (Wildman–Crippen LogP) is 1.84. The normalized spacial score (nSPS) is 26.8. The molecule has 0 radical (unpaired) electrons. The topological polar surface area (TPSA) is 37.2 Å². The van der Waals surface area contributed by atoms with Crippen molar-refractivity contribution >= 4 is 12.4 Å². The molecule has 1 fully saturated rings. The summed E-state index contributed by atoms with van der Waals surface area (Å²) in [6.45, 7) is 3.13. The number of aliphatic imine (C=N–C) groups is 2. The minimum Gasteiger partial charge on any atom is -0.373 e. The maximum Gasteiger partial charge on any atom is 0.243 e. The summed E-state index contributed by atoms with van der Waals surface area (Å²) >= 11 is 0. The molecule has 0 amide bonds. The van der Waals surface area contributed by atoms with Crippen LogP contribution in [-0.2, 0) is 4.74 Å². The smallest absolute Gasteiger partial charge is 0.243 e. The van der Waals surface area contributed by atoms with E-state index in [2.05, 4.69) is 16.9 Å². The van der Waals surface area contributed by atoms with Crippen molar-refractivity contribution in [3.8, 4) is 0 Å². The van der Waals surface area contributed by atoms with Gasteiger partial charge in [0.25, 0.3) is 0 Å². The van der Waals surface area contributed by atoms with Crippen molar-refractivity contribution in [1.29, 1.82) is 0 Å². The van der Waals surface area contributed by atoms with E-state index in [1.807, 2.05) is 0 Å². The third-order valence-corrected chi connectivity index (χ3v) is 2.43. The molecule has 3 heteroatoms. The number of hydrogen-bond acceptors (Lipinski definition) is 3. The van der Waals surface area contributed by atoms with Crippen molar-refractivity contribution < 1.29 is 4.74 Å². The number of nitrogens with zero attached hydrogens (tertiary/aromatic N) is 2. The molecule has 0 N–H and O–H groups in total. The first-order chi connectivity index (χ1) is 6.40. The third-order valence-electron chi connectivity index (χ3n) is 2.43. The van der Waals surface area contributed by atoms with Gasteiger partial charge in [-0.3, -0.25) is 0 Å². The average Bonchev–Trinajstić information content (AvgIpc) is 2.80. The van der Waals surface area contributed by atoms with Crippen LogP contribution in [0.2, 0.25) is 0 Å². The van der Waals surface area contributed by atoms with E-state index in [9.17, 15) is 0 Å². The van der Waals surface area contributed by atoms with Crippen LogP contribution in [0.1, 0.15) is 26.2 Å². The number of epoxide rings is 1. The quantitative estimate of drug-likeness (QED) is 0.468. The zero-order valence-electron chi connectivity index (χ0n) is 7.94.